The van der Waals surface area contributed by atoms with Gasteiger partial charge in [0, 0.05) is 18.2 Å². The second-order valence-corrected chi connectivity index (χ2v) is 11.1. The maximum atomic E-state index is 14.0. The molecular weight excluding hydrogens is 551 g/mol. The van der Waals surface area contributed by atoms with Crippen molar-refractivity contribution >= 4 is 16.9 Å². The number of esters is 1. The Bertz CT molecular complexity index is 1420. The lowest BCUT2D eigenvalue weighted by Gasteiger charge is -2.26. The van der Waals surface area contributed by atoms with Gasteiger partial charge in [0.15, 0.2) is 21.3 Å². The summed E-state index contributed by atoms with van der Waals surface area (Å²) in [5.41, 5.74) is -0.688. The van der Waals surface area contributed by atoms with Crippen LogP contribution < -0.4 is 9.47 Å². The van der Waals surface area contributed by atoms with E-state index in [0.717, 1.165) is 28.0 Å². The molecular formula is C30H24F5O4S+. The fourth-order valence-corrected chi connectivity index (χ4v) is 5.97. The van der Waals surface area contributed by atoms with Gasteiger partial charge in [-0.15, -0.1) is 13.2 Å². The van der Waals surface area contributed by atoms with Crippen molar-refractivity contribution in [1.29, 1.82) is 0 Å². The topological polar surface area (TPSA) is 44.8 Å². The molecule has 0 heterocycles. The zero-order valence-electron chi connectivity index (χ0n) is 21.4. The van der Waals surface area contributed by atoms with Gasteiger partial charge in [0.25, 0.3) is 0 Å². The number of carbonyl (C=O) groups excluding carboxylic acids is 1. The monoisotopic (exact) mass is 575 g/mol. The zero-order valence-corrected chi connectivity index (χ0v) is 22.2. The molecule has 0 radical (unpaired) electrons. The second-order valence-electron chi connectivity index (χ2n) is 9.04. The standard InChI is InChI=1S/C30H24F5O4S/c1-29(2,20-8-10-24(11-9-20)38-30(33,34)35)39-28(36)19-37-23-12-14-26(15-13-23)40(25-6-4-3-5-7-25)27-17-21(31)16-22(32)18-27/h3-18H,19H2,1-2H3/q+1. The number of benzene rings is 4. The van der Waals surface area contributed by atoms with E-state index in [2.05, 4.69) is 4.74 Å². The van der Waals surface area contributed by atoms with E-state index < -0.39 is 47.1 Å². The zero-order chi connectivity index (χ0) is 28.9. The predicted octanol–water partition coefficient (Wildman–Crippen LogP) is 7.82. The molecule has 0 amide bonds. The van der Waals surface area contributed by atoms with Crippen molar-refractivity contribution in [2.45, 2.75) is 40.5 Å². The third kappa shape index (κ3) is 7.75. The molecule has 208 valence electrons. The Labute approximate surface area is 230 Å². The van der Waals surface area contributed by atoms with Crippen molar-refractivity contribution in [3.63, 3.8) is 0 Å². The lowest BCUT2D eigenvalue weighted by Crippen LogP contribution is -2.28. The summed E-state index contributed by atoms with van der Waals surface area (Å²) in [6.45, 7) is 2.77. The van der Waals surface area contributed by atoms with Gasteiger partial charge in [-0.25, -0.2) is 13.6 Å². The Morgan fingerprint density at radius 1 is 0.725 bits per heavy atom. The minimum atomic E-state index is -4.81. The maximum absolute atomic E-state index is 14.0. The van der Waals surface area contributed by atoms with Gasteiger partial charge in [-0.1, -0.05) is 30.3 Å². The summed E-state index contributed by atoms with van der Waals surface area (Å²) in [5.74, 6) is -2.05. The molecule has 0 aliphatic carbocycles. The summed E-state index contributed by atoms with van der Waals surface area (Å²) in [6, 6.07) is 24.6. The Balaban J connectivity index is 1.42. The molecule has 4 aromatic rings. The summed E-state index contributed by atoms with van der Waals surface area (Å²) in [6.07, 6.45) is -4.81. The third-order valence-corrected chi connectivity index (χ3v) is 7.81. The van der Waals surface area contributed by atoms with Crippen molar-refractivity contribution in [2.75, 3.05) is 6.61 Å². The summed E-state index contributed by atoms with van der Waals surface area (Å²) in [7, 11) is -0.797. The number of hydrogen-bond donors (Lipinski definition) is 0. The van der Waals surface area contributed by atoms with Gasteiger partial charge in [-0.05, 0) is 67.9 Å². The van der Waals surface area contributed by atoms with Crippen LogP contribution in [0.3, 0.4) is 0 Å². The highest BCUT2D eigenvalue weighted by Crippen LogP contribution is 2.33. The van der Waals surface area contributed by atoms with Gasteiger partial charge in [0.2, 0.25) is 0 Å². The summed E-state index contributed by atoms with van der Waals surface area (Å²) >= 11 is 0. The largest absolute Gasteiger partial charge is 0.573 e. The molecule has 4 nitrogen and oxygen atoms in total. The number of carbonyl (C=O) groups is 1. The van der Waals surface area contributed by atoms with E-state index in [1.807, 2.05) is 30.3 Å². The lowest BCUT2D eigenvalue weighted by molar-refractivity contribution is -0.274. The quantitative estimate of drug-likeness (QED) is 0.116. The van der Waals surface area contributed by atoms with E-state index >= 15 is 0 Å². The SMILES string of the molecule is CC(C)(OC(=O)COc1ccc([S+](c2ccccc2)c2cc(F)cc(F)c2)cc1)c1ccc(OC(F)(F)F)cc1. The smallest absolute Gasteiger partial charge is 0.482 e. The number of ether oxygens (including phenoxy) is 3. The first-order chi connectivity index (χ1) is 18.9. The Kier molecular flexibility index (Phi) is 8.68. The van der Waals surface area contributed by atoms with Crippen LogP contribution in [0.15, 0.2) is 112 Å². The van der Waals surface area contributed by atoms with Crippen LogP contribution in [0.2, 0.25) is 0 Å². The molecule has 4 aromatic carbocycles. The molecule has 0 N–H and O–H groups in total. The molecule has 0 saturated heterocycles. The third-order valence-electron chi connectivity index (χ3n) is 5.62. The first kappa shape index (κ1) is 28.9. The number of alkyl halides is 3. The van der Waals surface area contributed by atoms with Crippen LogP contribution in [0.1, 0.15) is 19.4 Å². The van der Waals surface area contributed by atoms with E-state index in [0.29, 0.717) is 16.2 Å². The van der Waals surface area contributed by atoms with Gasteiger partial charge in [-0.2, -0.15) is 0 Å². The highest BCUT2D eigenvalue weighted by molar-refractivity contribution is 7.97. The molecule has 1 unspecified atom stereocenters. The number of halogens is 5. The average Bonchev–Trinajstić information content (AvgIpc) is 2.88. The fourth-order valence-electron chi connectivity index (χ4n) is 3.86. The van der Waals surface area contributed by atoms with E-state index in [1.165, 1.54) is 24.3 Å². The van der Waals surface area contributed by atoms with Crippen molar-refractivity contribution in [1.82, 2.24) is 0 Å². The first-order valence-corrected chi connectivity index (χ1v) is 13.2. The van der Waals surface area contributed by atoms with E-state index in [9.17, 15) is 26.7 Å². The van der Waals surface area contributed by atoms with E-state index in [4.69, 9.17) is 9.47 Å². The van der Waals surface area contributed by atoms with Crippen molar-refractivity contribution < 1.29 is 41.0 Å². The lowest BCUT2D eigenvalue weighted by atomic mass is 9.98. The molecule has 0 bridgehead atoms. The molecule has 1 atom stereocenters. The van der Waals surface area contributed by atoms with Crippen molar-refractivity contribution in [3.05, 3.63) is 114 Å². The van der Waals surface area contributed by atoms with Crippen LogP contribution in [-0.2, 0) is 26.0 Å². The summed E-state index contributed by atoms with van der Waals surface area (Å²) in [4.78, 5) is 14.6. The minimum absolute atomic E-state index is 0.370. The maximum Gasteiger partial charge on any atom is 0.573 e. The van der Waals surface area contributed by atoms with E-state index in [-0.39, 0.29) is 5.75 Å². The molecule has 0 fully saturated rings. The van der Waals surface area contributed by atoms with Crippen LogP contribution in [-0.4, -0.2) is 18.9 Å². The molecule has 40 heavy (non-hydrogen) atoms. The number of hydrogen-bond acceptors (Lipinski definition) is 4. The van der Waals surface area contributed by atoms with Crippen molar-refractivity contribution in [3.8, 4) is 11.5 Å². The van der Waals surface area contributed by atoms with Crippen molar-refractivity contribution in [2.24, 2.45) is 0 Å². The summed E-state index contributed by atoms with van der Waals surface area (Å²) in [5, 5.41) is 0. The van der Waals surface area contributed by atoms with Crippen LogP contribution in [0.4, 0.5) is 22.0 Å². The normalized spacial score (nSPS) is 12.5. The molecule has 10 heteroatoms. The fraction of sp³-hybridized carbons (Fsp3) is 0.167. The number of rotatable bonds is 9. The Morgan fingerprint density at radius 3 is 1.85 bits per heavy atom. The van der Waals surface area contributed by atoms with Gasteiger partial charge >= 0.3 is 12.3 Å². The molecule has 0 aliphatic heterocycles. The first-order valence-electron chi connectivity index (χ1n) is 12.0. The van der Waals surface area contributed by atoms with Gasteiger partial charge in [0.05, 0.1) is 10.9 Å². The Hall–Kier alpha value is -4.05. The molecule has 0 saturated carbocycles. The summed E-state index contributed by atoms with van der Waals surface area (Å²) < 4.78 is 80.1. The highest BCUT2D eigenvalue weighted by atomic mass is 32.2. The minimum Gasteiger partial charge on any atom is -0.482 e. The van der Waals surface area contributed by atoms with Gasteiger partial charge in [-0.3, -0.25) is 0 Å². The van der Waals surface area contributed by atoms with Gasteiger partial charge < -0.3 is 14.2 Å². The van der Waals surface area contributed by atoms with Crippen LogP contribution >= 0.6 is 0 Å². The second kappa shape index (κ2) is 12.0. The van der Waals surface area contributed by atoms with Gasteiger partial charge in [0.1, 0.15) is 28.7 Å². The highest BCUT2D eigenvalue weighted by Gasteiger charge is 2.32. The molecule has 0 aromatic heterocycles. The molecule has 4 rings (SSSR count). The Morgan fingerprint density at radius 2 is 1.27 bits per heavy atom. The van der Waals surface area contributed by atoms with E-state index in [1.54, 1.807) is 38.1 Å². The average molecular weight is 576 g/mol. The van der Waals surface area contributed by atoms with Crippen LogP contribution in [0.5, 0.6) is 11.5 Å². The van der Waals surface area contributed by atoms with Crippen LogP contribution in [0, 0.1) is 11.6 Å². The molecule has 0 aliphatic rings. The van der Waals surface area contributed by atoms with Crippen LogP contribution in [0.25, 0.3) is 0 Å². The predicted molar refractivity (Wildman–Crippen MR) is 139 cm³/mol. The molecule has 0 spiro atoms.